The first-order valence-corrected chi connectivity index (χ1v) is 6.02. The van der Waals surface area contributed by atoms with E-state index in [1.54, 1.807) is 36.4 Å². The van der Waals surface area contributed by atoms with Crippen LogP contribution in [-0.4, -0.2) is 15.0 Å². The van der Waals surface area contributed by atoms with Gasteiger partial charge in [-0.3, -0.25) is 4.79 Å². The molecule has 2 N–H and O–H groups in total. The molecule has 20 heavy (non-hydrogen) atoms. The molecule has 0 amide bonds. The van der Waals surface area contributed by atoms with E-state index in [0.717, 1.165) is 4.68 Å². The van der Waals surface area contributed by atoms with Crippen molar-refractivity contribution in [2.24, 2.45) is 0 Å². The molecule has 0 spiro atoms. The quantitative estimate of drug-likeness (QED) is 0.717. The second-order valence-electron chi connectivity index (χ2n) is 4.39. The van der Waals surface area contributed by atoms with Gasteiger partial charge in [0.15, 0.2) is 5.82 Å². The van der Waals surface area contributed by atoms with Gasteiger partial charge >= 0.3 is 0 Å². The lowest BCUT2D eigenvalue weighted by atomic mass is 10.2. The molecule has 0 aliphatic rings. The average Bonchev–Trinajstić information content (AvgIpc) is 2.47. The van der Waals surface area contributed by atoms with Crippen molar-refractivity contribution in [2.45, 2.75) is 6.54 Å². The normalized spacial score (nSPS) is 10.8. The highest BCUT2D eigenvalue weighted by atomic mass is 19.1. The summed E-state index contributed by atoms with van der Waals surface area (Å²) in [7, 11) is 0. The van der Waals surface area contributed by atoms with E-state index in [9.17, 15) is 9.18 Å². The summed E-state index contributed by atoms with van der Waals surface area (Å²) < 4.78 is 15.0. The fourth-order valence-electron chi connectivity index (χ4n) is 2.01. The second-order valence-corrected chi connectivity index (χ2v) is 4.39. The standard InChI is InChI=1S/C14H11FN4O/c15-13-9(4-3-6-11(13)16)8-19-14(20)10-5-1-2-7-12(10)17-18-19/h1-7H,8,16H2. The first-order valence-electron chi connectivity index (χ1n) is 6.02. The van der Waals surface area contributed by atoms with Gasteiger partial charge in [0.1, 0.15) is 5.52 Å². The van der Waals surface area contributed by atoms with Crippen LogP contribution in [0.4, 0.5) is 10.1 Å². The first-order chi connectivity index (χ1) is 9.66. The third kappa shape index (κ3) is 2.01. The molecular weight excluding hydrogens is 259 g/mol. The minimum Gasteiger partial charge on any atom is -0.396 e. The monoisotopic (exact) mass is 270 g/mol. The minimum atomic E-state index is -0.533. The Morgan fingerprint density at radius 1 is 1.15 bits per heavy atom. The maximum absolute atomic E-state index is 13.8. The fraction of sp³-hybridized carbons (Fsp3) is 0.0714. The molecule has 2 aromatic carbocycles. The lowest BCUT2D eigenvalue weighted by Gasteiger charge is -2.07. The van der Waals surface area contributed by atoms with E-state index in [2.05, 4.69) is 10.3 Å². The van der Waals surface area contributed by atoms with Crippen LogP contribution in [0.15, 0.2) is 47.3 Å². The van der Waals surface area contributed by atoms with Crippen LogP contribution in [0.25, 0.3) is 10.9 Å². The lowest BCUT2D eigenvalue weighted by Crippen LogP contribution is -2.25. The van der Waals surface area contributed by atoms with E-state index < -0.39 is 5.82 Å². The molecular formula is C14H11FN4O. The van der Waals surface area contributed by atoms with Crippen LogP contribution in [0.5, 0.6) is 0 Å². The van der Waals surface area contributed by atoms with Crippen molar-refractivity contribution < 1.29 is 4.39 Å². The number of hydrogen-bond donors (Lipinski definition) is 1. The van der Waals surface area contributed by atoms with E-state index in [-0.39, 0.29) is 17.8 Å². The molecule has 3 rings (SSSR count). The fourth-order valence-corrected chi connectivity index (χ4v) is 2.01. The van der Waals surface area contributed by atoms with Gasteiger partial charge in [-0.05, 0) is 18.2 Å². The van der Waals surface area contributed by atoms with Gasteiger partial charge in [0.2, 0.25) is 0 Å². The number of benzene rings is 2. The Kier molecular flexibility index (Phi) is 2.90. The molecule has 1 aromatic heterocycles. The zero-order valence-corrected chi connectivity index (χ0v) is 10.5. The smallest absolute Gasteiger partial charge is 0.277 e. The first kappa shape index (κ1) is 12.3. The summed E-state index contributed by atoms with van der Waals surface area (Å²) >= 11 is 0. The van der Waals surface area contributed by atoms with Gasteiger partial charge in [-0.1, -0.05) is 29.5 Å². The molecule has 0 bridgehead atoms. The predicted molar refractivity (Wildman–Crippen MR) is 73.7 cm³/mol. The molecule has 0 saturated heterocycles. The highest BCUT2D eigenvalue weighted by Crippen LogP contribution is 2.15. The SMILES string of the molecule is Nc1cccc(Cn2nnc3ccccc3c2=O)c1F. The van der Waals surface area contributed by atoms with Gasteiger partial charge in [-0.15, -0.1) is 5.10 Å². The van der Waals surface area contributed by atoms with Crippen LogP contribution in [0.2, 0.25) is 0 Å². The van der Waals surface area contributed by atoms with Crippen LogP contribution in [0.1, 0.15) is 5.56 Å². The van der Waals surface area contributed by atoms with Crippen molar-refractivity contribution in [3.8, 4) is 0 Å². The Bertz CT molecular complexity index is 844. The highest BCUT2D eigenvalue weighted by molar-refractivity contribution is 5.76. The largest absolute Gasteiger partial charge is 0.396 e. The van der Waals surface area contributed by atoms with E-state index in [1.807, 2.05) is 0 Å². The number of nitrogen functional groups attached to an aromatic ring is 1. The number of fused-ring (bicyclic) bond motifs is 1. The van der Waals surface area contributed by atoms with Crippen LogP contribution in [0.3, 0.4) is 0 Å². The van der Waals surface area contributed by atoms with Crippen molar-refractivity contribution >= 4 is 16.6 Å². The summed E-state index contributed by atoms with van der Waals surface area (Å²) in [5, 5.41) is 8.22. The summed E-state index contributed by atoms with van der Waals surface area (Å²) in [5.41, 5.74) is 6.06. The third-order valence-electron chi connectivity index (χ3n) is 3.06. The summed E-state index contributed by atoms with van der Waals surface area (Å²) in [6, 6.07) is 11.6. The zero-order chi connectivity index (χ0) is 14.1. The number of hydrogen-bond acceptors (Lipinski definition) is 4. The van der Waals surface area contributed by atoms with Crippen LogP contribution >= 0.6 is 0 Å². The number of nitrogens with two attached hydrogens (primary N) is 1. The highest BCUT2D eigenvalue weighted by Gasteiger charge is 2.10. The molecule has 0 unspecified atom stereocenters. The summed E-state index contributed by atoms with van der Waals surface area (Å²) in [6.07, 6.45) is 0. The van der Waals surface area contributed by atoms with E-state index in [4.69, 9.17) is 5.73 Å². The van der Waals surface area contributed by atoms with Crippen molar-refractivity contribution in [1.29, 1.82) is 0 Å². The molecule has 3 aromatic rings. The molecule has 1 heterocycles. The molecule has 5 nitrogen and oxygen atoms in total. The van der Waals surface area contributed by atoms with Crippen molar-refractivity contribution in [2.75, 3.05) is 5.73 Å². The molecule has 6 heteroatoms. The molecule has 0 atom stereocenters. The van der Waals surface area contributed by atoms with Gasteiger partial charge in [-0.2, -0.15) is 0 Å². The Labute approximate surface area is 113 Å². The van der Waals surface area contributed by atoms with E-state index in [0.29, 0.717) is 16.5 Å². The number of aromatic nitrogens is 3. The number of rotatable bonds is 2. The maximum atomic E-state index is 13.8. The number of halogens is 1. The molecule has 0 fully saturated rings. The van der Waals surface area contributed by atoms with Gasteiger partial charge in [0, 0.05) is 5.56 Å². The van der Waals surface area contributed by atoms with Crippen molar-refractivity contribution in [1.82, 2.24) is 15.0 Å². The molecule has 0 saturated carbocycles. The molecule has 0 aliphatic carbocycles. The van der Waals surface area contributed by atoms with Gasteiger partial charge in [-0.25, -0.2) is 9.07 Å². The van der Waals surface area contributed by atoms with Gasteiger partial charge < -0.3 is 5.73 Å². The summed E-state index contributed by atoms with van der Waals surface area (Å²) in [4.78, 5) is 12.2. The molecule has 0 aliphatic heterocycles. The van der Waals surface area contributed by atoms with Crippen molar-refractivity contribution in [3.63, 3.8) is 0 Å². The Balaban J connectivity index is 2.10. The van der Waals surface area contributed by atoms with Gasteiger partial charge in [0.05, 0.1) is 17.6 Å². The van der Waals surface area contributed by atoms with E-state index >= 15 is 0 Å². The predicted octanol–water partition coefficient (Wildman–Crippen LogP) is 1.56. The van der Waals surface area contributed by atoms with Crippen LogP contribution < -0.4 is 11.3 Å². The summed E-state index contributed by atoms with van der Waals surface area (Å²) in [5.74, 6) is -0.533. The average molecular weight is 270 g/mol. The topological polar surface area (TPSA) is 73.8 Å². The molecule has 100 valence electrons. The zero-order valence-electron chi connectivity index (χ0n) is 10.5. The van der Waals surface area contributed by atoms with Crippen LogP contribution in [0, 0.1) is 5.82 Å². The third-order valence-corrected chi connectivity index (χ3v) is 3.06. The Hall–Kier alpha value is -2.76. The Morgan fingerprint density at radius 3 is 2.80 bits per heavy atom. The molecule has 0 radical (unpaired) electrons. The minimum absolute atomic E-state index is 0.00641. The van der Waals surface area contributed by atoms with Gasteiger partial charge in [0.25, 0.3) is 5.56 Å². The second kappa shape index (κ2) is 4.73. The summed E-state index contributed by atoms with van der Waals surface area (Å²) in [6.45, 7) is -0.00641. The number of nitrogens with zero attached hydrogens (tertiary/aromatic N) is 3. The number of anilines is 1. The Morgan fingerprint density at radius 2 is 1.95 bits per heavy atom. The van der Waals surface area contributed by atoms with Crippen LogP contribution in [-0.2, 0) is 6.54 Å². The lowest BCUT2D eigenvalue weighted by molar-refractivity contribution is 0.559. The van der Waals surface area contributed by atoms with E-state index in [1.165, 1.54) is 6.07 Å². The van der Waals surface area contributed by atoms with Crippen molar-refractivity contribution in [3.05, 3.63) is 64.2 Å². The maximum Gasteiger partial charge on any atom is 0.277 e.